The maximum absolute atomic E-state index is 14.2. The molecule has 0 aliphatic heterocycles. The number of aromatic nitrogens is 1. The third-order valence-electron chi connectivity index (χ3n) is 2.98. The molecule has 7 nitrogen and oxygen atoms in total. The molecule has 26 heavy (non-hydrogen) atoms. The van der Waals surface area contributed by atoms with Crippen molar-refractivity contribution in [1.29, 1.82) is 0 Å². The summed E-state index contributed by atoms with van der Waals surface area (Å²) in [6.45, 7) is 1.86. The van der Waals surface area contributed by atoms with Gasteiger partial charge in [0.05, 0.1) is 0 Å². The number of hydrogen-bond acceptors (Lipinski definition) is 6. The van der Waals surface area contributed by atoms with Crippen LogP contribution in [0.1, 0.15) is 23.8 Å². The molecule has 1 heterocycles. The number of esters is 1. The first-order chi connectivity index (χ1) is 12.4. The Bertz CT molecular complexity index is 844. The summed E-state index contributed by atoms with van der Waals surface area (Å²) in [6, 6.07) is 6.87. The molecule has 0 unspecified atom stereocenters. The van der Waals surface area contributed by atoms with Gasteiger partial charge in [0, 0.05) is 0 Å². The molecule has 2 N–H and O–H groups in total. The number of nitrogens with zero attached hydrogens (tertiary/aromatic N) is 1. The average Bonchev–Trinajstić information content (AvgIpc) is 2.57. The Balaban J connectivity index is 2.05. The van der Waals surface area contributed by atoms with E-state index in [-0.39, 0.29) is 34.8 Å². The van der Waals surface area contributed by atoms with Gasteiger partial charge in [-0.1, -0.05) is 0 Å². The minimum atomic E-state index is -1.03. The molecule has 0 fully saturated rings. The molecule has 0 aliphatic rings. The number of amides is 1. The third kappa shape index (κ3) is 5.67. The number of rotatable bonds is 8. The standard InChI is InChI=1S/C17H15AsFN2O5/c1-2-25-16(23)9-15(22)18-10-3-4-14(12(19)7-10)26-11-5-6-21-13(8-11)17(20)24/h3-8H,2,9H2,1H3,(H2,20,24). The molecule has 1 radical (unpaired) electrons. The first-order valence-electron chi connectivity index (χ1n) is 7.52. The Labute approximate surface area is 155 Å². The Morgan fingerprint density at radius 1 is 1.23 bits per heavy atom. The monoisotopic (exact) mass is 421 g/mol. The number of ether oxygens (including phenoxy) is 2. The first-order valence-corrected chi connectivity index (χ1v) is 9.40. The van der Waals surface area contributed by atoms with Gasteiger partial charge in [-0.25, -0.2) is 0 Å². The second-order valence-electron chi connectivity index (χ2n) is 4.95. The number of carbonyl (C=O) groups excluding carboxylic acids is 3. The van der Waals surface area contributed by atoms with Gasteiger partial charge in [-0.05, 0) is 0 Å². The molecule has 0 atom stereocenters. The summed E-state index contributed by atoms with van der Waals surface area (Å²) < 4.78 is 24.5. The van der Waals surface area contributed by atoms with Crippen LogP contribution in [0.3, 0.4) is 0 Å². The number of benzene rings is 1. The Morgan fingerprint density at radius 3 is 2.65 bits per heavy atom. The maximum atomic E-state index is 14.2. The van der Waals surface area contributed by atoms with E-state index in [2.05, 4.69) is 4.98 Å². The molecule has 0 spiro atoms. The van der Waals surface area contributed by atoms with Crippen LogP contribution in [0.5, 0.6) is 11.5 Å². The summed E-state index contributed by atoms with van der Waals surface area (Å²) >= 11 is -1.03. The molecule has 0 bridgehead atoms. The fraction of sp³-hybridized carbons (Fsp3) is 0.176. The summed E-state index contributed by atoms with van der Waals surface area (Å²) in [7, 11) is 0. The van der Waals surface area contributed by atoms with Crippen molar-refractivity contribution < 1.29 is 28.2 Å². The zero-order chi connectivity index (χ0) is 19.1. The molecule has 0 saturated heterocycles. The van der Waals surface area contributed by atoms with E-state index in [1.165, 1.54) is 30.5 Å². The van der Waals surface area contributed by atoms with Crippen molar-refractivity contribution in [3.05, 3.63) is 48.0 Å². The van der Waals surface area contributed by atoms with Gasteiger partial charge in [0.1, 0.15) is 0 Å². The van der Waals surface area contributed by atoms with E-state index in [1.807, 2.05) is 0 Å². The van der Waals surface area contributed by atoms with Gasteiger partial charge in [-0.2, -0.15) is 0 Å². The number of primary amides is 1. The first kappa shape index (κ1) is 19.6. The van der Waals surface area contributed by atoms with E-state index < -0.39 is 33.4 Å². The van der Waals surface area contributed by atoms with Crippen molar-refractivity contribution in [2.24, 2.45) is 5.73 Å². The number of nitrogens with two attached hydrogens (primary N) is 1. The second kappa shape index (κ2) is 9.10. The zero-order valence-corrected chi connectivity index (χ0v) is 15.6. The summed E-state index contributed by atoms with van der Waals surface area (Å²) in [6.07, 6.45) is 1.00. The Kier molecular flexibility index (Phi) is 6.86. The zero-order valence-electron chi connectivity index (χ0n) is 13.8. The average molecular weight is 421 g/mol. The SMILES string of the molecule is CCOC(=O)CC(=O)[As]c1ccc(Oc2ccnc(C(N)=O)c2)c(F)c1. The molecule has 1 amide bonds. The van der Waals surface area contributed by atoms with E-state index in [0.29, 0.717) is 4.35 Å². The predicted octanol–water partition coefficient (Wildman–Crippen LogP) is 0.921. The molecular weight excluding hydrogens is 406 g/mol. The van der Waals surface area contributed by atoms with Gasteiger partial charge in [-0.15, -0.1) is 0 Å². The Morgan fingerprint density at radius 2 is 2.00 bits per heavy atom. The van der Waals surface area contributed by atoms with Crippen LogP contribution in [0.4, 0.5) is 4.39 Å². The van der Waals surface area contributed by atoms with Crippen LogP contribution in [0.15, 0.2) is 36.5 Å². The molecule has 0 aliphatic carbocycles. The van der Waals surface area contributed by atoms with Crippen LogP contribution in [0.25, 0.3) is 0 Å². The topological polar surface area (TPSA) is 109 Å². The second-order valence-corrected chi connectivity index (χ2v) is 7.54. The molecule has 9 heteroatoms. The van der Waals surface area contributed by atoms with Gasteiger partial charge in [0.2, 0.25) is 0 Å². The normalized spacial score (nSPS) is 10.7. The fourth-order valence-electron chi connectivity index (χ4n) is 1.90. The molecule has 2 rings (SSSR count). The van der Waals surface area contributed by atoms with E-state index in [1.54, 1.807) is 13.0 Å². The van der Waals surface area contributed by atoms with Crippen molar-refractivity contribution in [2.45, 2.75) is 13.3 Å². The van der Waals surface area contributed by atoms with Crippen molar-refractivity contribution in [2.75, 3.05) is 6.61 Å². The van der Waals surface area contributed by atoms with Gasteiger partial charge in [0.25, 0.3) is 0 Å². The van der Waals surface area contributed by atoms with E-state index in [9.17, 15) is 18.8 Å². The number of pyridine rings is 1. The minimum absolute atomic E-state index is 0.00547. The van der Waals surface area contributed by atoms with Crippen LogP contribution in [-0.4, -0.2) is 43.8 Å². The van der Waals surface area contributed by atoms with Crippen molar-refractivity contribution >= 4 is 36.6 Å². The number of halogens is 1. The fourth-order valence-corrected chi connectivity index (χ4v) is 3.62. The van der Waals surface area contributed by atoms with Gasteiger partial charge < -0.3 is 0 Å². The molecular formula is C17H15AsFN2O5. The van der Waals surface area contributed by atoms with Crippen molar-refractivity contribution in [3.63, 3.8) is 0 Å². The summed E-state index contributed by atoms with van der Waals surface area (Å²) in [5, 5.41) is 0. The molecule has 1 aromatic carbocycles. The predicted molar refractivity (Wildman–Crippen MR) is 90.9 cm³/mol. The van der Waals surface area contributed by atoms with Crippen LogP contribution in [0.2, 0.25) is 0 Å². The molecule has 2 aromatic rings. The van der Waals surface area contributed by atoms with Crippen LogP contribution < -0.4 is 14.8 Å². The van der Waals surface area contributed by atoms with E-state index in [0.717, 1.165) is 0 Å². The van der Waals surface area contributed by atoms with Crippen LogP contribution in [0, 0.1) is 5.82 Å². The van der Waals surface area contributed by atoms with Gasteiger partial charge in [0.15, 0.2) is 0 Å². The summed E-state index contributed by atoms with van der Waals surface area (Å²) in [4.78, 5) is 38.0. The number of hydrogen-bond donors (Lipinski definition) is 1. The Hall–Kier alpha value is -2.73. The number of carbonyl (C=O) groups is 3. The van der Waals surface area contributed by atoms with Crippen molar-refractivity contribution in [3.8, 4) is 11.5 Å². The van der Waals surface area contributed by atoms with Gasteiger partial charge in [-0.3, -0.25) is 0 Å². The van der Waals surface area contributed by atoms with Crippen molar-refractivity contribution in [1.82, 2.24) is 4.98 Å². The van der Waals surface area contributed by atoms with Crippen LogP contribution >= 0.6 is 0 Å². The molecule has 0 saturated carbocycles. The molecule has 1 aromatic heterocycles. The quantitative estimate of drug-likeness (QED) is 0.386. The summed E-state index contributed by atoms with van der Waals surface area (Å²) in [5.41, 5.74) is 5.13. The third-order valence-corrected chi connectivity index (χ3v) is 4.96. The summed E-state index contributed by atoms with van der Waals surface area (Å²) in [5.74, 6) is -1.85. The van der Waals surface area contributed by atoms with Gasteiger partial charge >= 0.3 is 155 Å². The van der Waals surface area contributed by atoms with Crippen LogP contribution in [-0.2, 0) is 14.3 Å². The molecule has 135 valence electrons. The van der Waals surface area contributed by atoms with E-state index in [4.69, 9.17) is 15.2 Å². The van der Waals surface area contributed by atoms with E-state index >= 15 is 0 Å².